The number of rotatable bonds is 3. The van der Waals surface area contributed by atoms with E-state index in [-0.39, 0.29) is 18.2 Å². The third kappa shape index (κ3) is 2.87. The highest BCUT2D eigenvalue weighted by Crippen LogP contribution is 2.19. The van der Waals surface area contributed by atoms with Crippen molar-refractivity contribution in [3.8, 4) is 0 Å². The van der Waals surface area contributed by atoms with E-state index in [1.165, 1.54) is 6.08 Å². The smallest absolute Gasteiger partial charge is 0.303 e. The van der Waals surface area contributed by atoms with Crippen molar-refractivity contribution in [3.63, 3.8) is 0 Å². The van der Waals surface area contributed by atoms with Gasteiger partial charge in [0, 0.05) is 19.5 Å². The van der Waals surface area contributed by atoms with Crippen molar-refractivity contribution in [2.45, 2.75) is 19.3 Å². The molecule has 0 radical (unpaired) electrons. The molecule has 0 aromatic rings. The van der Waals surface area contributed by atoms with Gasteiger partial charge in [0.1, 0.15) is 0 Å². The molecule has 1 amide bonds. The molecule has 1 rings (SSSR count). The standard InChI is InChI=1S/C10H15NO3/c1-2-9(12)11-5-3-4-8(7-11)6-10(13)14/h2,8H,1,3-7H2,(H,13,14)/t8-/m1/s1. The van der Waals surface area contributed by atoms with Crippen LogP contribution in [0.4, 0.5) is 0 Å². The van der Waals surface area contributed by atoms with E-state index in [2.05, 4.69) is 6.58 Å². The van der Waals surface area contributed by atoms with Crippen LogP contribution in [0, 0.1) is 5.92 Å². The van der Waals surface area contributed by atoms with E-state index >= 15 is 0 Å². The summed E-state index contributed by atoms with van der Waals surface area (Å²) >= 11 is 0. The van der Waals surface area contributed by atoms with Crippen molar-refractivity contribution in [2.75, 3.05) is 13.1 Å². The van der Waals surface area contributed by atoms with Gasteiger partial charge in [-0.15, -0.1) is 0 Å². The van der Waals surface area contributed by atoms with Gasteiger partial charge in [-0.25, -0.2) is 0 Å². The van der Waals surface area contributed by atoms with Crippen LogP contribution >= 0.6 is 0 Å². The lowest BCUT2D eigenvalue weighted by Gasteiger charge is -2.31. The molecule has 78 valence electrons. The lowest BCUT2D eigenvalue weighted by molar-refractivity contribution is -0.139. The molecule has 14 heavy (non-hydrogen) atoms. The van der Waals surface area contributed by atoms with Crippen LogP contribution in [0.3, 0.4) is 0 Å². The number of hydrogen-bond acceptors (Lipinski definition) is 2. The predicted molar refractivity (Wildman–Crippen MR) is 51.8 cm³/mol. The molecular weight excluding hydrogens is 182 g/mol. The van der Waals surface area contributed by atoms with Crippen LogP contribution in [0.15, 0.2) is 12.7 Å². The maximum Gasteiger partial charge on any atom is 0.303 e. The second kappa shape index (κ2) is 4.79. The van der Waals surface area contributed by atoms with Crippen molar-refractivity contribution >= 4 is 11.9 Å². The highest BCUT2D eigenvalue weighted by atomic mass is 16.4. The van der Waals surface area contributed by atoms with Crippen molar-refractivity contribution in [1.82, 2.24) is 4.90 Å². The van der Waals surface area contributed by atoms with E-state index in [0.29, 0.717) is 6.54 Å². The quantitative estimate of drug-likeness (QED) is 0.683. The molecule has 1 saturated heterocycles. The molecule has 0 unspecified atom stereocenters. The Kier molecular flexibility index (Phi) is 3.68. The van der Waals surface area contributed by atoms with Gasteiger partial charge in [-0.2, -0.15) is 0 Å². The minimum Gasteiger partial charge on any atom is -0.481 e. The van der Waals surface area contributed by atoms with Crippen LogP contribution in [0.2, 0.25) is 0 Å². The van der Waals surface area contributed by atoms with E-state index < -0.39 is 5.97 Å². The molecule has 4 heteroatoms. The number of aliphatic carboxylic acids is 1. The van der Waals surface area contributed by atoms with Gasteiger partial charge in [-0.05, 0) is 24.8 Å². The van der Waals surface area contributed by atoms with E-state index in [1.54, 1.807) is 4.90 Å². The first-order valence-electron chi connectivity index (χ1n) is 4.76. The zero-order valence-corrected chi connectivity index (χ0v) is 8.11. The highest BCUT2D eigenvalue weighted by Gasteiger charge is 2.23. The number of likely N-dealkylation sites (tertiary alicyclic amines) is 1. The third-order valence-electron chi connectivity index (χ3n) is 2.47. The Morgan fingerprint density at radius 1 is 1.57 bits per heavy atom. The third-order valence-corrected chi connectivity index (χ3v) is 2.47. The van der Waals surface area contributed by atoms with Gasteiger partial charge in [-0.3, -0.25) is 9.59 Å². The highest BCUT2D eigenvalue weighted by molar-refractivity contribution is 5.87. The number of carbonyl (C=O) groups is 2. The number of nitrogens with zero attached hydrogens (tertiary/aromatic N) is 1. The number of piperidine rings is 1. The number of carboxylic acids is 1. The molecule has 1 atom stereocenters. The average molecular weight is 197 g/mol. The molecule has 0 saturated carbocycles. The maximum atomic E-state index is 11.3. The van der Waals surface area contributed by atoms with Crippen LogP contribution in [0.5, 0.6) is 0 Å². The lowest BCUT2D eigenvalue weighted by atomic mass is 9.95. The Labute approximate surface area is 83.2 Å². The summed E-state index contributed by atoms with van der Waals surface area (Å²) in [6.45, 7) is 4.69. The van der Waals surface area contributed by atoms with Gasteiger partial charge < -0.3 is 10.0 Å². The Morgan fingerprint density at radius 2 is 2.29 bits per heavy atom. The van der Waals surface area contributed by atoms with Gasteiger partial charge in [0.05, 0.1) is 0 Å². The monoisotopic (exact) mass is 197 g/mol. The van der Waals surface area contributed by atoms with Gasteiger partial charge in [0.15, 0.2) is 0 Å². The second-order valence-electron chi connectivity index (χ2n) is 3.59. The first kappa shape index (κ1) is 10.8. The normalized spacial score (nSPS) is 21.7. The molecule has 1 heterocycles. The van der Waals surface area contributed by atoms with Crippen molar-refractivity contribution in [2.24, 2.45) is 5.92 Å². The Hall–Kier alpha value is -1.32. The topological polar surface area (TPSA) is 57.6 Å². The predicted octanol–water partition coefficient (Wildman–Crippen LogP) is 0.886. The fourth-order valence-electron chi connectivity index (χ4n) is 1.81. The van der Waals surface area contributed by atoms with Crippen molar-refractivity contribution in [1.29, 1.82) is 0 Å². The molecule has 4 nitrogen and oxygen atoms in total. The zero-order chi connectivity index (χ0) is 10.6. The Bertz CT molecular complexity index is 250. The molecule has 0 spiro atoms. The minimum absolute atomic E-state index is 0.0971. The number of carboxylic acid groups (broad SMARTS) is 1. The Morgan fingerprint density at radius 3 is 2.86 bits per heavy atom. The lowest BCUT2D eigenvalue weighted by Crippen LogP contribution is -2.39. The van der Waals surface area contributed by atoms with Crippen LogP contribution in [-0.4, -0.2) is 35.0 Å². The molecule has 0 aromatic heterocycles. The Balaban J connectivity index is 2.47. The second-order valence-corrected chi connectivity index (χ2v) is 3.59. The molecule has 0 bridgehead atoms. The summed E-state index contributed by atoms with van der Waals surface area (Å²) in [4.78, 5) is 23.4. The zero-order valence-electron chi connectivity index (χ0n) is 8.11. The largest absolute Gasteiger partial charge is 0.481 e. The van der Waals surface area contributed by atoms with Crippen LogP contribution < -0.4 is 0 Å². The van der Waals surface area contributed by atoms with Gasteiger partial charge in [0.2, 0.25) is 5.91 Å². The molecule has 1 fully saturated rings. The summed E-state index contributed by atoms with van der Waals surface area (Å²) in [5.41, 5.74) is 0. The van der Waals surface area contributed by atoms with E-state index in [1.807, 2.05) is 0 Å². The van der Waals surface area contributed by atoms with E-state index in [0.717, 1.165) is 19.4 Å². The van der Waals surface area contributed by atoms with Crippen LogP contribution in [-0.2, 0) is 9.59 Å². The van der Waals surface area contributed by atoms with Gasteiger partial charge in [-0.1, -0.05) is 6.58 Å². The molecular formula is C10H15NO3. The summed E-state index contributed by atoms with van der Waals surface area (Å²) < 4.78 is 0. The van der Waals surface area contributed by atoms with Crippen LogP contribution in [0.1, 0.15) is 19.3 Å². The summed E-state index contributed by atoms with van der Waals surface area (Å²) in [6.07, 6.45) is 3.22. The first-order valence-corrected chi connectivity index (χ1v) is 4.76. The fourth-order valence-corrected chi connectivity index (χ4v) is 1.81. The first-order chi connectivity index (χ1) is 6.63. The molecule has 0 aliphatic carbocycles. The van der Waals surface area contributed by atoms with Crippen molar-refractivity contribution in [3.05, 3.63) is 12.7 Å². The van der Waals surface area contributed by atoms with Crippen LogP contribution in [0.25, 0.3) is 0 Å². The minimum atomic E-state index is -0.789. The van der Waals surface area contributed by atoms with E-state index in [4.69, 9.17) is 5.11 Å². The van der Waals surface area contributed by atoms with Gasteiger partial charge >= 0.3 is 5.97 Å². The summed E-state index contributed by atoms with van der Waals surface area (Å²) in [5.74, 6) is -0.784. The van der Waals surface area contributed by atoms with E-state index in [9.17, 15) is 9.59 Å². The average Bonchev–Trinajstić information content (AvgIpc) is 2.16. The number of carbonyl (C=O) groups excluding carboxylic acids is 1. The molecule has 1 aliphatic rings. The summed E-state index contributed by atoms with van der Waals surface area (Å²) in [6, 6.07) is 0. The SMILES string of the molecule is C=CC(=O)N1CCC[C@H](CC(=O)O)C1. The number of amides is 1. The number of hydrogen-bond donors (Lipinski definition) is 1. The summed E-state index contributed by atoms with van der Waals surface area (Å²) in [7, 11) is 0. The fraction of sp³-hybridized carbons (Fsp3) is 0.600. The van der Waals surface area contributed by atoms with Gasteiger partial charge in [0.25, 0.3) is 0 Å². The maximum absolute atomic E-state index is 11.3. The summed E-state index contributed by atoms with van der Waals surface area (Å²) in [5, 5.41) is 8.62. The molecule has 1 N–H and O–H groups in total. The molecule has 0 aromatic carbocycles. The molecule has 1 aliphatic heterocycles. The van der Waals surface area contributed by atoms with Crippen molar-refractivity contribution < 1.29 is 14.7 Å².